The summed E-state index contributed by atoms with van der Waals surface area (Å²) in [6.07, 6.45) is -1.96. The van der Waals surface area contributed by atoms with Gasteiger partial charge in [-0.05, 0) is 18.9 Å². The number of carbonyl (C=O) groups is 2. The van der Waals surface area contributed by atoms with E-state index in [4.69, 9.17) is 4.74 Å². The first-order valence-electron chi connectivity index (χ1n) is 8.22. The highest BCUT2D eigenvalue weighted by Crippen LogP contribution is 2.24. The number of amides is 2. The molecule has 0 aromatic heterocycles. The number of ether oxygens (including phenoxy) is 1. The van der Waals surface area contributed by atoms with Gasteiger partial charge in [-0.2, -0.15) is 0 Å². The van der Waals surface area contributed by atoms with Crippen LogP contribution >= 0.6 is 0 Å². The average molecular weight is 335 g/mol. The van der Waals surface area contributed by atoms with Crippen molar-refractivity contribution in [2.24, 2.45) is 11.8 Å². The summed E-state index contributed by atoms with van der Waals surface area (Å²) in [5.41, 5.74) is 1.00. The Hall–Kier alpha value is -1.92. The Labute approximate surface area is 142 Å². The minimum atomic E-state index is -1.04. The van der Waals surface area contributed by atoms with Crippen LogP contribution in [-0.4, -0.2) is 52.0 Å². The smallest absolute Gasteiger partial charge is 0.416 e. The van der Waals surface area contributed by atoms with E-state index in [-0.39, 0.29) is 12.6 Å². The molecular weight excluding hydrogens is 310 g/mol. The van der Waals surface area contributed by atoms with Gasteiger partial charge in [0.2, 0.25) is 5.91 Å². The summed E-state index contributed by atoms with van der Waals surface area (Å²) in [6.45, 7) is 4.95. The second-order valence-electron chi connectivity index (χ2n) is 6.51. The highest BCUT2D eigenvalue weighted by Gasteiger charge is 2.42. The Morgan fingerprint density at radius 1 is 1.25 bits per heavy atom. The molecule has 0 aliphatic carbocycles. The number of benzene rings is 1. The maximum Gasteiger partial charge on any atom is 0.416 e. The maximum atomic E-state index is 12.7. The van der Waals surface area contributed by atoms with Crippen LogP contribution in [0.5, 0.6) is 0 Å². The van der Waals surface area contributed by atoms with Gasteiger partial charge in [0.05, 0.1) is 24.2 Å². The number of hydrogen-bond donors (Lipinski definition) is 2. The van der Waals surface area contributed by atoms with Crippen molar-refractivity contribution < 1.29 is 24.5 Å². The topological polar surface area (TPSA) is 87.1 Å². The molecule has 0 spiro atoms. The van der Waals surface area contributed by atoms with Crippen molar-refractivity contribution in [2.45, 2.75) is 45.4 Å². The van der Waals surface area contributed by atoms with Gasteiger partial charge >= 0.3 is 6.09 Å². The summed E-state index contributed by atoms with van der Waals surface area (Å²) in [6, 6.07) is 9.17. The number of aliphatic hydroxyl groups excluding tert-OH is 2. The summed E-state index contributed by atoms with van der Waals surface area (Å²) in [5, 5.41) is 19.9. The molecule has 1 heterocycles. The standard InChI is InChI=1S/C18H25NO5/c1-11(13(3)20)16(21)12(2)17(22)19-15(10-24-18(19)23)9-14-7-5-4-6-8-14/h4-8,11-13,15-16,20-21H,9-10H2,1-3H3/t11-,12+,13+,15+,16-/m0/s1. The fourth-order valence-electron chi connectivity index (χ4n) is 2.87. The van der Waals surface area contributed by atoms with E-state index in [1.807, 2.05) is 30.3 Å². The zero-order chi connectivity index (χ0) is 17.9. The van der Waals surface area contributed by atoms with Crippen LogP contribution in [0.2, 0.25) is 0 Å². The second kappa shape index (κ2) is 7.77. The molecule has 1 saturated heterocycles. The number of aliphatic hydroxyl groups is 2. The Morgan fingerprint density at radius 3 is 2.46 bits per heavy atom. The molecule has 24 heavy (non-hydrogen) atoms. The molecule has 132 valence electrons. The van der Waals surface area contributed by atoms with Gasteiger partial charge in [-0.1, -0.05) is 44.2 Å². The fourth-order valence-corrected chi connectivity index (χ4v) is 2.87. The van der Waals surface area contributed by atoms with E-state index < -0.39 is 36.0 Å². The highest BCUT2D eigenvalue weighted by atomic mass is 16.6. The molecule has 1 fully saturated rings. The van der Waals surface area contributed by atoms with Crippen molar-refractivity contribution in [1.29, 1.82) is 0 Å². The molecule has 6 nitrogen and oxygen atoms in total. The summed E-state index contributed by atoms with van der Waals surface area (Å²) >= 11 is 0. The van der Waals surface area contributed by atoms with Crippen LogP contribution in [0.3, 0.4) is 0 Å². The molecule has 1 aliphatic rings. The lowest BCUT2D eigenvalue weighted by atomic mass is 9.89. The van der Waals surface area contributed by atoms with Gasteiger partial charge in [-0.25, -0.2) is 9.69 Å². The SMILES string of the molecule is C[C@H]([C@H](O)[C@@H](C)C(=O)N1C(=O)OC[C@H]1Cc1ccccc1)[C@@H](C)O. The average Bonchev–Trinajstić information content (AvgIpc) is 2.93. The Kier molecular flexibility index (Phi) is 5.96. The molecule has 5 atom stereocenters. The number of imide groups is 1. The van der Waals surface area contributed by atoms with Crippen LogP contribution in [-0.2, 0) is 16.0 Å². The van der Waals surface area contributed by atoms with E-state index in [1.54, 1.807) is 20.8 Å². The van der Waals surface area contributed by atoms with Crippen LogP contribution in [0, 0.1) is 11.8 Å². The van der Waals surface area contributed by atoms with E-state index in [2.05, 4.69) is 0 Å². The number of rotatable bonds is 6. The van der Waals surface area contributed by atoms with E-state index >= 15 is 0 Å². The van der Waals surface area contributed by atoms with Crippen LogP contribution in [0.15, 0.2) is 30.3 Å². The largest absolute Gasteiger partial charge is 0.447 e. The summed E-state index contributed by atoms with van der Waals surface area (Å²) < 4.78 is 5.04. The summed E-state index contributed by atoms with van der Waals surface area (Å²) in [7, 11) is 0. The number of carbonyl (C=O) groups excluding carboxylic acids is 2. The molecule has 2 N–H and O–H groups in total. The Balaban J connectivity index is 2.11. The lowest BCUT2D eigenvalue weighted by molar-refractivity contribution is -0.138. The molecule has 0 unspecified atom stereocenters. The number of nitrogens with zero attached hydrogens (tertiary/aromatic N) is 1. The zero-order valence-corrected chi connectivity index (χ0v) is 14.3. The minimum absolute atomic E-state index is 0.147. The van der Waals surface area contributed by atoms with Gasteiger partial charge in [0.1, 0.15) is 6.61 Å². The molecule has 1 aromatic carbocycles. The molecule has 6 heteroatoms. The van der Waals surface area contributed by atoms with Gasteiger partial charge in [0.25, 0.3) is 0 Å². The minimum Gasteiger partial charge on any atom is -0.447 e. The lowest BCUT2D eigenvalue weighted by Crippen LogP contribution is -2.47. The highest BCUT2D eigenvalue weighted by molar-refractivity contribution is 5.95. The predicted molar refractivity (Wildman–Crippen MR) is 88.1 cm³/mol. The maximum absolute atomic E-state index is 12.7. The van der Waals surface area contributed by atoms with Gasteiger partial charge < -0.3 is 14.9 Å². The van der Waals surface area contributed by atoms with Crippen molar-refractivity contribution in [3.05, 3.63) is 35.9 Å². The molecule has 1 aromatic rings. The zero-order valence-electron chi connectivity index (χ0n) is 14.3. The monoisotopic (exact) mass is 335 g/mol. The Morgan fingerprint density at radius 2 is 1.88 bits per heavy atom. The first-order chi connectivity index (χ1) is 11.3. The molecular formula is C18H25NO5. The van der Waals surface area contributed by atoms with Crippen molar-refractivity contribution in [1.82, 2.24) is 4.90 Å². The molecule has 0 saturated carbocycles. The van der Waals surface area contributed by atoms with Crippen LogP contribution < -0.4 is 0 Å². The second-order valence-corrected chi connectivity index (χ2v) is 6.51. The quantitative estimate of drug-likeness (QED) is 0.824. The number of hydrogen-bond acceptors (Lipinski definition) is 5. The third-order valence-electron chi connectivity index (χ3n) is 4.71. The third-order valence-corrected chi connectivity index (χ3v) is 4.71. The van der Waals surface area contributed by atoms with Crippen molar-refractivity contribution in [3.63, 3.8) is 0 Å². The van der Waals surface area contributed by atoms with Gasteiger partial charge in [0.15, 0.2) is 0 Å². The van der Waals surface area contributed by atoms with Gasteiger partial charge in [0, 0.05) is 5.92 Å². The van der Waals surface area contributed by atoms with Crippen LogP contribution in [0.1, 0.15) is 26.3 Å². The molecule has 2 rings (SSSR count). The molecule has 0 radical (unpaired) electrons. The molecule has 1 aliphatic heterocycles. The normalized spacial score (nSPS) is 22.6. The van der Waals surface area contributed by atoms with E-state index in [0.717, 1.165) is 10.5 Å². The molecule has 0 bridgehead atoms. The summed E-state index contributed by atoms with van der Waals surface area (Å²) in [4.78, 5) is 25.8. The van der Waals surface area contributed by atoms with Gasteiger partial charge in [-0.3, -0.25) is 4.79 Å². The fraction of sp³-hybridized carbons (Fsp3) is 0.556. The van der Waals surface area contributed by atoms with Crippen molar-refractivity contribution in [2.75, 3.05) is 6.61 Å². The summed E-state index contributed by atoms with van der Waals surface area (Å²) in [5.74, 6) is -1.76. The van der Waals surface area contributed by atoms with E-state index in [1.165, 1.54) is 0 Å². The molecule has 2 amide bonds. The van der Waals surface area contributed by atoms with E-state index in [0.29, 0.717) is 6.42 Å². The first kappa shape index (κ1) is 18.4. The lowest BCUT2D eigenvalue weighted by Gasteiger charge is -2.29. The van der Waals surface area contributed by atoms with E-state index in [9.17, 15) is 19.8 Å². The van der Waals surface area contributed by atoms with Crippen LogP contribution in [0.4, 0.5) is 4.79 Å². The predicted octanol–water partition coefficient (Wildman–Crippen LogP) is 1.59. The third kappa shape index (κ3) is 3.94. The van der Waals surface area contributed by atoms with Crippen molar-refractivity contribution >= 4 is 12.0 Å². The van der Waals surface area contributed by atoms with Crippen molar-refractivity contribution in [3.8, 4) is 0 Å². The van der Waals surface area contributed by atoms with Crippen LogP contribution in [0.25, 0.3) is 0 Å². The number of cyclic esters (lactones) is 1. The first-order valence-corrected chi connectivity index (χ1v) is 8.22. The van der Waals surface area contributed by atoms with Gasteiger partial charge in [-0.15, -0.1) is 0 Å². The Bertz CT molecular complexity index is 574.